The van der Waals surface area contributed by atoms with Gasteiger partial charge in [-0.15, -0.1) is 0 Å². The molecule has 0 fully saturated rings. The highest BCUT2D eigenvalue weighted by molar-refractivity contribution is 5.31. The molecule has 5 heteroatoms. The van der Waals surface area contributed by atoms with Crippen LogP contribution in [0.5, 0.6) is 11.5 Å². The third-order valence-corrected chi connectivity index (χ3v) is 2.90. The van der Waals surface area contributed by atoms with Gasteiger partial charge in [0.05, 0.1) is 12.4 Å². The van der Waals surface area contributed by atoms with Crippen LogP contribution in [0.25, 0.3) is 0 Å². The summed E-state index contributed by atoms with van der Waals surface area (Å²) in [7, 11) is 0. The van der Waals surface area contributed by atoms with Gasteiger partial charge in [-0.05, 0) is 12.1 Å². The quantitative estimate of drug-likeness (QED) is 0.883. The van der Waals surface area contributed by atoms with E-state index in [4.69, 9.17) is 4.74 Å². The van der Waals surface area contributed by atoms with Gasteiger partial charge in [0.2, 0.25) is 0 Å². The van der Waals surface area contributed by atoms with Crippen molar-refractivity contribution in [2.24, 2.45) is 0 Å². The van der Waals surface area contributed by atoms with Crippen molar-refractivity contribution in [2.75, 3.05) is 0 Å². The molecule has 5 nitrogen and oxygen atoms in total. The molecule has 0 aliphatic carbocycles. The van der Waals surface area contributed by atoms with Gasteiger partial charge in [0.1, 0.15) is 17.3 Å². The van der Waals surface area contributed by atoms with E-state index in [0.29, 0.717) is 24.1 Å². The van der Waals surface area contributed by atoms with E-state index in [1.54, 1.807) is 18.6 Å². The van der Waals surface area contributed by atoms with Gasteiger partial charge in [-0.1, -0.05) is 27.7 Å². The first-order valence-corrected chi connectivity index (χ1v) is 7.23. The third-order valence-electron chi connectivity index (χ3n) is 2.90. The first kappa shape index (κ1) is 15.4. The second-order valence-electron chi connectivity index (χ2n) is 5.52. The lowest BCUT2D eigenvalue weighted by Crippen LogP contribution is -2.23. The highest BCUT2D eigenvalue weighted by atomic mass is 16.5. The summed E-state index contributed by atoms with van der Waals surface area (Å²) in [6.45, 7) is 9.02. The Morgan fingerprint density at radius 2 is 2.00 bits per heavy atom. The molecule has 0 saturated heterocycles. The van der Waals surface area contributed by atoms with Crippen molar-refractivity contribution in [3.8, 4) is 11.5 Å². The van der Waals surface area contributed by atoms with E-state index in [9.17, 15) is 0 Å². The molecule has 0 spiro atoms. The Kier molecular flexibility index (Phi) is 5.22. The topological polar surface area (TPSA) is 59.9 Å². The van der Waals surface area contributed by atoms with E-state index in [1.165, 1.54) is 0 Å². The maximum absolute atomic E-state index is 5.85. The average molecular weight is 286 g/mol. The van der Waals surface area contributed by atoms with Crippen LogP contribution in [0.2, 0.25) is 0 Å². The summed E-state index contributed by atoms with van der Waals surface area (Å²) in [4.78, 5) is 13.0. The SMILES string of the molecule is CC(C)NCc1nc(C(C)C)ncc1Oc1cccnc1. The van der Waals surface area contributed by atoms with Crippen molar-refractivity contribution in [3.63, 3.8) is 0 Å². The molecule has 0 amide bonds. The second-order valence-corrected chi connectivity index (χ2v) is 5.52. The molecule has 0 aliphatic heterocycles. The molecule has 2 heterocycles. The van der Waals surface area contributed by atoms with E-state index < -0.39 is 0 Å². The zero-order valence-corrected chi connectivity index (χ0v) is 13.0. The zero-order valence-electron chi connectivity index (χ0n) is 13.0. The van der Waals surface area contributed by atoms with Crippen LogP contribution < -0.4 is 10.1 Å². The average Bonchev–Trinajstić information content (AvgIpc) is 2.47. The highest BCUT2D eigenvalue weighted by Gasteiger charge is 2.12. The number of nitrogens with one attached hydrogen (secondary N) is 1. The summed E-state index contributed by atoms with van der Waals surface area (Å²) in [5.41, 5.74) is 0.867. The number of hydrogen-bond acceptors (Lipinski definition) is 5. The lowest BCUT2D eigenvalue weighted by atomic mass is 10.2. The van der Waals surface area contributed by atoms with Gasteiger partial charge >= 0.3 is 0 Å². The van der Waals surface area contributed by atoms with E-state index in [2.05, 4.69) is 48.0 Å². The first-order valence-electron chi connectivity index (χ1n) is 7.23. The van der Waals surface area contributed by atoms with Crippen LogP contribution in [0.1, 0.15) is 45.1 Å². The fraction of sp³-hybridized carbons (Fsp3) is 0.438. The van der Waals surface area contributed by atoms with Gasteiger partial charge < -0.3 is 10.1 Å². The molecule has 21 heavy (non-hydrogen) atoms. The summed E-state index contributed by atoms with van der Waals surface area (Å²) >= 11 is 0. The minimum absolute atomic E-state index is 0.287. The molecule has 0 radical (unpaired) electrons. The minimum atomic E-state index is 0.287. The Balaban J connectivity index is 2.25. The molecule has 0 saturated carbocycles. The fourth-order valence-corrected chi connectivity index (χ4v) is 1.75. The van der Waals surface area contributed by atoms with E-state index >= 15 is 0 Å². The fourth-order valence-electron chi connectivity index (χ4n) is 1.75. The normalized spacial score (nSPS) is 11.1. The summed E-state index contributed by atoms with van der Waals surface area (Å²) in [6.07, 6.45) is 5.13. The predicted molar refractivity (Wildman–Crippen MR) is 82.4 cm³/mol. The molecule has 0 unspecified atom stereocenters. The van der Waals surface area contributed by atoms with Crippen molar-refractivity contribution in [1.82, 2.24) is 20.3 Å². The van der Waals surface area contributed by atoms with E-state index in [-0.39, 0.29) is 5.92 Å². The molecule has 0 atom stereocenters. The highest BCUT2D eigenvalue weighted by Crippen LogP contribution is 2.24. The number of ether oxygens (including phenoxy) is 1. The maximum atomic E-state index is 5.85. The lowest BCUT2D eigenvalue weighted by molar-refractivity contribution is 0.456. The largest absolute Gasteiger partial charge is 0.452 e. The summed E-state index contributed by atoms with van der Waals surface area (Å²) in [5.74, 6) is 2.47. The van der Waals surface area contributed by atoms with Gasteiger partial charge in [0, 0.05) is 24.7 Å². The number of rotatable bonds is 6. The molecule has 2 aromatic heterocycles. The molecular weight excluding hydrogens is 264 g/mol. The molecule has 0 aromatic carbocycles. The van der Waals surface area contributed by atoms with Crippen LogP contribution in [0.4, 0.5) is 0 Å². The molecular formula is C16H22N4O. The van der Waals surface area contributed by atoms with Crippen molar-refractivity contribution in [2.45, 2.75) is 46.2 Å². The molecule has 2 rings (SSSR count). The van der Waals surface area contributed by atoms with Gasteiger partial charge in [-0.3, -0.25) is 4.98 Å². The molecule has 2 aromatic rings. The predicted octanol–water partition coefficient (Wildman–Crippen LogP) is 3.29. The number of pyridine rings is 1. The van der Waals surface area contributed by atoms with Crippen molar-refractivity contribution >= 4 is 0 Å². The van der Waals surface area contributed by atoms with Crippen molar-refractivity contribution in [1.29, 1.82) is 0 Å². The summed E-state index contributed by atoms with van der Waals surface area (Å²) in [5, 5.41) is 3.37. The minimum Gasteiger partial charge on any atom is -0.452 e. The van der Waals surface area contributed by atoms with Crippen LogP contribution in [0, 0.1) is 0 Å². The van der Waals surface area contributed by atoms with Gasteiger partial charge in [-0.2, -0.15) is 0 Å². The van der Waals surface area contributed by atoms with Crippen LogP contribution >= 0.6 is 0 Å². The molecule has 0 aliphatic rings. The summed E-state index contributed by atoms with van der Waals surface area (Å²) in [6, 6.07) is 4.09. The second kappa shape index (κ2) is 7.13. The van der Waals surface area contributed by atoms with Crippen LogP contribution in [-0.4, -0.2) is 21.0 Å². The number of hydrogen-bond donors (Lipinski definition) is 1. The Hall–Kier alpha value is -2.01. The Labute approximate surface area is 125 Å². The van der Waals surface area contributed by atoms with E-state index in [1.807, 2.05) is 12.1 Å². The maximum Gasteiger partial charge on any atom is 0.168 e. The standard InChI is InChI=1S/C16H22N4O/c1-11(2)16-19-10-15(14(20-16)9-18-12(3)4)21-13-6-5-7-17-8-13/h5-8,10-12,18H,9H2,1-4H3. The van der Waals surface area contributed by atoms with Crippen LogP contribution in [-0.2, 0) is 6.54 Å². The molecule has 0 bridgehead atoms. The van der Waals surface area contributed by atoms with Crippen LogP contribution in [0.3, 0.4) is 0 Å². The monoisotopic (exact) mass is 286 g/mol. The number of aromatic nitrogens is 3. The van der Waals surface area contributed by atoms with Crippen LogP contribution in [0.15, 0.2) is 30.7 Å². The van der Waals surface area contributed by atoms with Gasteiger partial charge in [0.15, 0.2) is 5.75 Å². The first-order chi connectivity index (χ1) is 10.1. The zero-order chi connectivity index (χ0) is 15.2. The summed E-state index contributed by atoms with van der Waals surface area (Å²) < 4.78 is 5.85. The third kappa shape index (κ3) is 4.49. The van der Waals surface area contributed by atoms with Gasteiger partial charge in [-0.25, -0.2) is 9.97 Å². The van der Waals surface area contributed by atoms with E-state index in [0.717, 1.165) is 11.5 Å². The Morgan fingerprint density at radius 3 is 2.62 bits per heavy atom. The lowest BCUT2D eigenvalue weighted by Gasteiger charge is -2.14. The van der Waals surface area contributed by atoms with Crippen molar-refractivity contribution in [3.05, 3.63) is 42.2 Å². The van der Waals surface area contributed by atoms with Gasteiger partial charge in [0.25, 0.3) is 0 Å². The smallest absolute Gasteiger partial charge is 0.168 e. The Bertz CT molecular complexity index is 570. The van der Waals surface area contributed by atoms with Crippen molar-refractivity contribution < 1.29 is 4.74 Å². The molecule has 1 N–H and O–H groups in total. The molecule has 112 valence electrons. The Morgan fingerprint density at radius 1 is 1.19 bits per heavy atom. The number of nitrogens with zero attached hydrogens (tertiary/aromatic N) is 3.